The van der Waals surface area contributed by atoms with Gasteiger partial charge in [-0.3, -0.25) is 9.59 Å². The van der Waals surface area contributed by atoms with Crippen molar-refractivity contribution in [1.82, 2.24) is 4.98 Å². The molecule has 1 aromatic carbocycles. The number of halogens is 4. The summed E-state index contributed by atoms with van der Waals surface area (Å²) in [5.74, 6) is -0.895. The molecule has 148 valence electrons. The summed E-state index contributed by atoms with van der Waals surface area (Å²) in [5, 5.41) is 4.98. The number of benzene rings is 1. The number of fused-ring (bicyclic) bond motifs is 1. The van der Waals surface area contributed by atoms with Crippen molar-refractivity contribution in [2.45, 2.75) is 19.2 Å². The number of hydrogen-bond donors (Lipinski definition) is 2. The predicted octanol–water partition coefficient (Wildman–Crippen LogP) is 3.65. The summed E-state index contributed by atoms with van der Waals surface area (Å²) in [6.07, 6.45) is -4.12. The number of nitrogens with one attached hydrogen (secondary N) is 2. The van der Waals surface area contributed by atoms with E-state index in [9.17, 15) is 22.8 Å². The van der Waals surface area contributed by atoms with E-state index in [0.29, 0.717) is 17.1 Å². The number of hydrogen-bond acceptors (Lipinski definition) is 5. The van der Waals surface area contributed by atoms with Crippen LogP contribution in [0.25, 0.3) is 0 Å². The second-order valence-corrected chi connectivity index (χ2v) is 6.24. The number of amides is 2. The minimum absolute atomic E-state index is 0.0102. The SMILES string of the molecule is CC1Oc2ccc(NC(=O)c3cnc(OCC(F)(F)F)c(Cl)c3)cc2NC1=O. The lowest BCUT2D eigenvalue weighted by molar-refractivity contribution is -0.154. The summed E-state index contributed by atoms with van der Waals surface area (Å²) in [6, 6.07) is 5.80. The molecule has 2 heterocycles. The highest BCUT2D eigenvalue weighted by atomic mass is 35.5. The van der Waals surface area contributed by atoms with Crippen LogP contribution in [0, 0.1) is 0 Å². The monoisotopic (exact) mass is 415 g/mol. The molecule has 11 heteroatoms. The Morgan fingerprint density at radius 2 is 2.14 bits per heavy atom. The number of alkyl halides is 3. The number of ether oxygens (including phenoxy) is 2. The molecule has 0 radical (unpaired) electrons. The zero-order chi connectivity index (χ0) is 20.5. The van der Waals surface area contributed by atoms with Crippen LogP contribution in [0.1, 0.15) is 17.3 Å². The van der Waals surface area contributed by atoms with E-state index in [-0.39, 0.29) is 16.5 Å². The summed E-state index contributed by atoms with van der Waals surface area (Å²) in [5.41, 5.74) is 0.764. The Balaban J connectivity index is 1.70. The number of carbonyl (C=O) groups excluding carboxylic acids is 2. The Morgan fingerprint density at radius 3 is 2.82 bits per heavy atom. The quantitative estimate of drug-likeness (QED) is 0.795. The van der Waals surface area contributed by atoms with Crippen molar-refractivity contribution < 1.29 is 32.2 Å². The Morgan fingerprint density at radius 1 is 1.39 bits per heavy atom. The molecule has 0 spiro atoms. The molecule has 3 rings (SSSR count). The highest BCUT2D eigenvalue weighted by Gasteiger charge is 2.29. The van der Waals surface area contributed by atoms with Crippen LogP contribution in [0.5, 0.6) is 11.6 Å². The van der Waals surface area contributed by atoms with Gasteiger partial charge in [-0.05, 0) is 31.2 Å². The second kappa shape index (κ2) is 7.55. The standard InChI is InChI=1S/C17H13ClF3N3O4/c1-8-14(25)24-12-5-10(2-3-13(12)28-8)23-15(26)9-4-11(18)16(22-6-9)27-7-17(19,20)21/h2-6,8H,7H2,1H3,(H,23,26)(H,24,25). The van der Waals surface area contributed by atoms with Gasteiger partial charge >= 0.3 is 6.18 Å². The molecule has 1 aliphatic rings. The zero-order valence-corrected chi connectivity index (χ0v) is 15.0. The van der Waals surface area contributed by atoms with Crippen molar-refractivity contribution in [2.75, 3.05) is 17.2 Å². The Bertz CT molecular complexity index is 936. The summed E-state index contributed by atoms with van der Waals surface area (Å²) < 4.78 is 46.5. The van der Waals surface area contributed by atoms with Crippen LogP contribution in [-0.4, -0.2) is 35.7 Å². The lowest BCUT2D eigenvalue weighted by Gasteiger charge is -2.23. The number of anilines is 2. The molecule has 2 amide bonds. The molecular formula is C17H13ClF3N3O4. The van der Waals surface area contributed by atoms with E-state index in [2.05, 4.69) is 20.4 Å². The molecule has 1 unspecified atom stereocenters. The van der Waals surface area contributed by atoms with Gasteiger partial charge in [0, 0.05) is 11.9 Å². The molecule has 0 aliphatic carbocycles. The molecule has 1 aliphatic heterocycles. The molecule has 0 bridgehead atoms. The van der Waals surface area contributed by atoms with Gasteiger partial charge < -0.3 is 20.1 Å². The molecular weight excluding hydrogens is 403 g/mol. The topological polar surface area (TPSA) is 89.6 Å². The fraction of sp³-hybridized carbons (Fsp3) is 0.235. The van der Waals surface area contributed by atoms with E-state index in [1.807, 2.05) is 0 Å². The van der Waals surface area contributed by atoms with Crippen LogP contribution in [-0.2, 0) is 4.79 Å². The number of rotatable bonds is 4. The molecule has 7 nitrogen and oxygen atoms in total. The average molecular weight is 416 g/mol. The van der Waals surface area contributed by atoms with E-state index in [0.717, 1.165) is 12.3 Å². The number of nitrogens with zero attached hydrogens (tertiary/aromatic N) is 1. The first-order valence-electron chi connectivity index (χ1n) is 7.90. The summed E-state index contributed by atoms with van der Waals surface area (Å²) in [7, 11) is 0. The lowest BCUT2D eigenvalue weighted by Crippen LogP contribution is -2.34. The first-order chi connectivity index (χ1) is 13.1. The van der Waals surface area contributed by atoms with Gasteiger partial charge in [0.2, 0.25) is 5.88 Å². The minimum atomic E-state index is -4.54. The van der Waals surface area contributed by atoms with Crippen molar-refractivity contribution in [1.29, 1.82) is 0 Å². The van der Waals surface area contributed by atoms with Crippen molar-refractivity contribution >= 4 is 34.8 Å². The van der Waals surface area contributed by atoms with Crippen LogP contribution < -0.4 is 20.1 Å². The van der Waals surface area contributed by atoms with E-state index in [4.69, 9.17) is 16.3 Å². The fourth-order valence-electron chi connectivity index (χ4n) is 2.30. The third-order valence-corrected chi connectivity index (χ3v) is 3.88. The Kier molecular flexibility index (Phi) is 5.32. The molecule has 0 saturated heterocycles. The largest absolute Gasteiger partial charge is 0.479 e. The van der Waals surface area contributed by atoms with Crippen LogP contribution in [0.3, 0.4) is 0 Å². The normalized spacial score (nSPS) is 15.9. The van der Waals surface area contributed by atoms with E-state index in [1.54, 1.807) is 19.1 Å². The van der Waals surface area contributed by atoms with Crippen LogP contribution in [0.2, 0.25) is 5.02 Å². The Labute approximate surface area is 161 Å². The average Bonchev–Trinajstić information content (AvgIpc) is 2.61. The number of aromatic nitrogens is 1. The van der Waals surface area contributed by atoms with Crippen LogP contribution in [0.4, 0.5) is 24.5 Å². The van der Waals surface area contributed by atoms with Gasteiger partial charge in [0.15, 0.2) is 12.7 Å². The van der Waals surface area contributed by atoms with Gasteiger partial charge in [0.1, 0.15) is 10.8 Å². The van der Waals surface area contributed by atoms with Crippen molar-refractivity contribution in [2.24, 2.45) is 0 Å². The zero-order valence-electron chi connectivity index (χ0n) is 14.3. The van der Waals surface area contributed by atoms with Gasteiger partial charge in [-0.1, -0.05) is 11.6 Å². The highest BCUT2D eigenvalue weighted by Crippen LogP contribution is 2.32. The molecule has 1 aromatic heterocycles. The predicted molar refractivity (Wildman–Crippen MR) is 93.9 cm³/mol. The van der Waals surface area contributed by atoms with E-state index >= 15 is 0 Å². The van der Waals surface area contributed by atoms with Gasteiger partial charge in [-0.2, -0.15) is 13.2 Å². The molecule has 28 heavy (non-hydrogen) atoms. The van der Waals surface area contributed by atoms with E-state index in [1.165, 1.54) is 6.07 Å². The summed E-state index contributed by atoms with van der Waals surface area (Å²) >= 11 is 5.83. The molecule has 2 N–H and O–H groups in total. The first-order valence-corrected chi connectivity index (χ1v) is 8.28. The third kappa shape index (κ3) is 4.63. The highest BCUT2D eigenvalue weighted by molar-refractivity contribution is 6.32. The summed E-state index contributed by atoms with van der Waals surface area (Å²) in [4.78, 5) is 27.6. The second-order valence-electron chi connectivity index (χ2n) is 5.83. The van der Waals surface area contributed by atoms with Crippen LogP contribution >= 0.6 is 11.6 Å². The molecule has 2 aromatic rings. The van der Waals surface area contributed by atoms with Crippen molar-refractivity contribution in [3.05, 3.63) is 41.0 Å². The van der Waals surface area contributed by atoms with E-state index < -0.39 is 30.7 Å². The fourth-order valence-corrected chi connectivity index (χ4v) is 2.52. The molecule has 0 fully saturated rings. The van der Waals surface area contributed by atoms with Crippen molar-refractivity contribution in [3.8, 4) is 11.6 Å². The molecule has 1 atom stereocenters. The van der Waals surface area contributed by atoms with Crippen molar-refractivity contribution in [3.63, 3.8) is 0 Å². The smallest absolute Gasteiger partial charge is 0.422 e. The van der Waals surface area contributed by atoms with Gasteiger partial charge in [0.25, 0.3) is 11.8 Å². The van der Waals surface area contributed by atoms with Crippen LogP contribution in [0.15, 0.2) is 30.5 Å². The molecule has 0 saturated carbocycles. The maximum absolute atomic E-state index is 12.3. The first kappa shape index (κ1) is 19.7. The third-order valence-electron chi connectivity index (χ3n) is 3.61. The van der Waals surface area contributed by atoms with Gasteiger partial charge in [-0.25, -0.2) is 4.98 Å². The van der Waals surface area contributed by atoms with Gasteiger partial charge in [0.05, 0.1) is 11.3 Å². The maximum Gasteiger partial charge on any atom is 0.422 e. The maximum atomic E-state index is 12.3. The van der Waals surface area contributed by atoms with Gasteiger partial charge in [-0.15, -0.1) is 0 Å². The summed E-state index contributed by atoms with van der Waals surface area (Å²) in [6.45, 7) is 0.0551. The Hall–Kier alpha value is -3.01. The number of pyridine rings is 1. The number of carbonyl (C=O) groups is 2. The lowest BCUT2D eigenvalue weighted by atomic mass is 10.2. The minimum Gasteiger partial charge on any atom is -0.479 e.